The summed E-state index contributed by atoms with van der Waals surface area (Å²) in [5.74, 6) is 0.0325. The number of rotatable bonds is 4. The van der Waals surface area contributed by atoms with Gasteiger partial charge in [-0.25, -0.2) is 9.24 Å². The first-order valence-corrected chi connectivity index (χ1v) is 11.8. The van der Waals surface area contributed by atoms with Crippen LogP contribution in [0.5, 0.6) is 0 Å². The average Bonchev–Trinajstić information content (AvgIpc) is 3.63. The summed E-state index contributed by atoms with van der Waals surface area (Å²) in [4.78, 5) is 8.23. The van der Waals surface area contributed by atoms with E-state index in [0.29, 0.717) is 17.5 Å². The summed E-state index contributed by atoms with van der Waals surface area (Å²) in [6, 6.07) is 13.4. The molecule has 2 aromatic carbocycles. The third-order valence-electron chi connectivity index (χ3n) is 7.37. The van der Waals surface area contributed by atoms with E-state index >= 15 is 0 Å². The number of fused-ring (bicyclic) bond motifs is 2. The highest BCUT2D eigenvalue weighted by Crippen LogP contribution is 2.40. The molecule has 1 N–H and O–H groups in total. The van der Waals surface area contributed by atoms with Crippen LogP contribution >= 0.6 is 0 Å². The van der Waals surface area contributed by atoms with Crippen molar-refractivity contribution in [2.45, 2.75) is 19.4 Å². The molecule has 35 heavy (non-hydrogen) atoms. The number of nitrogens with one attached hydrogen (secondary N) is 1. The lowest BCUT2D eigenvalue weighted by atomic mass is 9.95. The normalized spacial score (nSPS) is 16.7. The van der Waals surface area contributed by atoms with Gasteiger partial charge in [-0.1, -0.05) is 18.2 Å². The van der Waals surface area contributed by atoms with Gasteiger partial charge in [-0.05, 0) is 62.2 Å². The van der Waals surface area contributed by atoms with E-state index in [1.165, 1.54) is 6.07 Å². The molecule has 0 amide bonds. The topological polar surface area (TPSA) is 52.0 Å². The zero-order chi connectivity index (χ0) is 24.1. The predicted octanol–water partition coefficient (Wildman–Crippen LogP) is 6.12. The Morgan fingerprint density at radius 2 is 1.97 bits per heavy atom. The molecular formula is C28H25FN6. The summed E-state index contributed by atoms with van der Waals surface area (Å²) in [5, 5.41) is 9.87. The minimum absolute atomic E-state index is 0.0205. The standard InChI is InChI=1S/C28H25FN6/c1-17(20-8-10-31-14-20)35-11-9-22-26(35)16-32-28(19-5-7-25-21(12-19)15-33-34(25)3)27(22)18-4-6-24(30-2)23(29)13-18/h4-7,9,11-13,15-17,20,31H,8,10,14H2,1,3H3. The summed E-state index contributed by atoms with van der Waals surface area (Å²) in [7, 11) is 1.92. The quantitative estimate of drug-likeness (QED) is 0.326. The van der Waals surface area contributed by atoms with Crippen molar-refractivity contribution in [1.82, 2.24) is 24.6 Å². The molecule has 2 unspecified atom stereocenters. The first-order chi connectivity index (χ1) is 17.0. The molecule has 4 heterocycles. The second-order valence-electron chi connectivity index (χ2n) is 9.32. The third kappa shape index (κ3) is 3.49. The molecule has 6 rings (SSSR count). The molecule has 0 radical (unpaired) electrons. The van der Waals surface area contributed by atoms with Crippen LogP contribution in [0.3, 0.4) is 0 Å². The molecule has 0 spiro atoms. The van der Waals surface area contributed by atoms with Crippen molar-refractivity contribution in [2.75, 3.05) is 13.1 Å². The maximum Gasteiger partial charge on any atom is 0.222 e. The average molecular weight is 465 g/mol. The van der Waals surface area contributed by atoms with E-state index in [4.69, 9.17) is 11.6 Å². The molecule has 0 aliphatic carbocycles. The molecule has 1 aliphatic rings. The number of benzene rings is 2. The van der Waals surface area contributed by atoms with Gasteiger partial charge in [-0.3, -0.25) is 9.67 Å². The van der Waals surface area contributed by atoms with Gasteiger partial charge in [-0.2, -0.15) is 5.10 Å². The summed E-state index contributed by atoms with van der Waals surface area (Å²) in [5.41, 5.74) is 5.39. The Morgan fingerprint density at radius 3 is 2.74 bits per heavy atom. The van der Waals surface area contributed by atoms with Gasteiger partial charge in [0.15, 0.2) is 0 Å². The van der Waals surface area contributed by atoms with E-state index in [1.807, 2.05) is 42.3 Å². The van der Waals surface area contributed by atoms with Crippen molar-refractivity contribution < 1.29 is 4.39 Å². The largest absolute Gasteiger partial charge is 0.343 e. The van der Waals surface area contributed by atoms with Crippen LogP contribution in [0.25, 0.3) is 49.0 Å². The SMILES string of the molecule is [C-]#[N+]c1ccc(-c2c(-c3ccc4c(cnn4C)c3)ncc3c2ccn3C(C)C2CCNC2)cc1F. The molecule has 5 aromatic rings. The fourth-order valence-corrected chi connectivity index (χ4v) is 5.37. The van der Waals surface area contributed by atoms with Crippen LogP contribution in [0.4, 0.5) is 10.1 Å². The van der Waals surface area contributed by atoms with Gasteiger partial charge in [0.05, 0.1) is 35.7 Å². The van der Waals surface area contributed by atoms with Crippen LogP contribution < -0.4 is 5.32 Å². The number of aryl methyl sites for hydroxylation is 1. The zero-order valence-electron chi connectivity index (χ0n) is 19.7. The molecule has 1 saturated heterocycles. The lowest BCUT2D eigenvalue weighted by molar-refractivity contribution is 0.388. The van der Waals surface area contributed by atoms with E-state index in [1.54, 1.807) is 6.07 Å². The van der Waals surface area contributed by atoms with Crippen LogP contribution in [0, 0.1) is 18.3 Å². The molecule has 0 bridgehead atoms. The monoisotopic (exact) mass is 464 g/mol. The highest BCUT2D eigenvalue weighted by molar-refractivity contribution is 6.02. The van der Waals surface area contributed by atoms with E-state index in [9.17, 15) is 4.39 Å². The second kappa shape index (κ2) is 8.33. The Balaban J connectivity index is 1.58. The number of hydrogen-bond acceptors (Lipinski definition) is 3. The molecule has 6 nitrogen and oxygen atoms in total. The van der Waals surface area contributed by atoms with Crippen molar-refractivity contribution >= 4 is 27.5 Å². The Bertz CT molecular complexity index is 1620. The Morgan fingerprint density at radius 1 is 1.11 bits per heavy atom. The Labute approximate surface area is 202 Å². The van der Waals surface area contributed by atoms with Crippen LogP contribution in [-0.4, -0.2) is 32.4 Å². The molecular weight excluding hydrogens is 439 g/mol. The van der Waals surface area contributed by atoms with Crippen molar-refractivity contribution in [3.63, 3.8) is 0 Å². The zero-order valence-corrected chi connectivity index (χ0v) is 19.7. The highest BCUT2D eigenvalue weighted by atomic mass is 19.1. The van der Waals surface area contributed by atoms with Crippen LogP contribution in [0.15, 0.2) is 61.1 Å². The second-order valence-corrected chi connectivity index (χ2v) is 9.32. The van der Waals surface area contributed by atoms with Gasteiger partial charge in [0, 0.05) is 41.2 Å². The summed E-state index contributed by atoms with van der Waals surface area (Å²) in [6.45, 7) is 11.5. The van der Waals surface area contributed by atoms with Crippen molar-refractivity contribution in [3.05, 3.63) is 78.3 Å². The fourth-order valence-electron chi connectivity index (χ4n) is 5.37. The molecule has 7 heteroatoms. The fraction of sp³-hybridized carbons (Fsp3) is 0.250. The molecule has 2 atom stereocenters. The number of hydrogen-bond donors (Lipinski definition) is 1. The van der Waals surface area contributed by atoms with Gasteiger partial charge in [0.1, 0.15) is 5.82 Å². The van der Waals surface area contributed by atoms with Crippen LogP contribution in [0.1, 0.15) is 19.4 Å². The Hall–Kier alpha value is -4.02. The predicted molar refractivity (Wildman–Crippen MR) is 137 cm³/mol. The van der Waals surface area contributed by atoms with Gasteiger partial charge in [0.25, 0.3) is 0 Å². The molecule has 0 saturated carbocycles. The molecule has 3 aromatic heterocycles. The Kier molecular flexibility index (Phi) is 5.12. The van der Waals surface area contributed by atoms with Crippen LogP contribution in [-0.2, 0) is 7.05 Å². The van der Waals surface area contributed by atoms with Gasteiger partial charge in [0.2, 0.25) is 5.69 Å². The van der Waals surface area contributed by atoms with E-state index in [-0.39, 0.29) is 5.69 Å². The van der Waals surface area contributed by atoms with Crippen LogP contribution in [0.2, 0.25) is 0 Å². The van der Waals surface area contributed by atoms with Crippen molar-refractivity contribution in [1.29, 1.82) is 0 Å². The van der Waals surface area contributed by atoms with Gasteiger partial charge < -0.3 is 9.88 Å². The van der Waals surface area contributed by atoms with Gasteiger partial charge in [-0.15, -0.1) is 0 Å². The van der Waals surface area contributed by atoms with E-state index < -0.39 is 5.82 Å². The number of pyridine rings is 1. The van der Waals surface area contributed by atoms with Crippen molar-refractivity contribution in [3.8, 4) is 22.4 Å². The highest BCUT2D eigenvalue weighted by Gasteiger charge is 2.25. The molecule has 1 aliphatic heterocycles. The first kappa shape index (κ1) is 21.5. The first-order valence-electron chi connectivity index (χ1n) is 11.8. The summed E-state index contributed by atoms with van der Waals surface area (Å²) in [6.07, 6.45) is 7.05. The summed E-state index contributed by atoms with van der Waals surface area (Å²) < 4.78 is 18.9. The lowest BCUT2D eigenvalue weighted by Crippen LogP contribution is -2.18. The molecule has 1 fully saturated rings. The van der Waals surface area contributed by atoms with Gasteiger partial charge >= 0.3 is 0 Å². The van der Waals surface area contributed by atoms with Crippen molar-refractivity contribution in [2.24, 2.45) is 13.0 Å². The smallest absolute Gasteiger partial charge is 0.222 e. The number of nitrogens with zero attached hydrogens (tertiary/aromatic N) is 5. The maximum absolute atomic E-state index is 14.8. The minimum Gasteiger partial charge on any atom is -0.343 e. The number of halogens is 1. The van der Waals surface area contributed by atoms with E-state index in [0.717, 1.165) is 58.1 Å². The maximum atomic E-state index is 14.8. The summed E-state index contributed by atoms with van der Waals surface area (Å²) >= 11 is 0. The lowest BCUT2D eigenvalue weighted by Gasteiger charge is -2.22. The number of aromatic nitrogens is 4. The van der Waals surface area contributed by atoms with E-state index in [2.05, 4.69) is 45.1 Å². The molecule has 174 valence electrons. The third-order valence-corrected chi connectivity index (χ3v) is 7.37. The minimum atomic E-state index is -0.520.